The second-order valence-electron chi connectivity index (χ2n) is 6.05. The molecule has 1 fully saturated rings. The van der Waals surface area contributed by atoms with Gasteiger partial charge in [0.05, 0.1) is 12.5 Å². The standard InChI is InChI=1S/C14H26N2O3/c1-9(2)11(10(3)4)8-16-6-5-15-14(19)12(16)7-13(17)18/h9-12H,5-8H2,1-4H3,(H,15,19)(H,17,18). The Morgan fingerprint density at radius 1 is 1.37 bits per heavy atom. The predicted octanol–water partition coefficient (Wildman–Crippen LogP) is 1.19. The third-order valence-corrected chi connectivity index (χ3v) is 3.97. The minimum absolute atomic E-state index is 0.116. The van der Waals surface area contributed by atoms with Crippen molar-refractivity contribution in [2.75, 3.05) is 19.6 Å². The van der Waals surface area contributed by atoms with Crippen LogP contribution < -0.4 is 5.32 Å². The van der Waals surface area contributed by atoms with E-state index in [9.17, 15) is 9.59 Å². The number of carbonyl (C=O) groups is 2. The lowest BCUT2D eigenvalue weighted by atomic mass is 9.84. The monoisotopic (exact) mass is 270 g/mol. The smallest absolute Gasteiger partial charge is 0.305 e. The molecule has 1 saturated heterocycles. The van der Waals surface area contributed by atoms with Gasteiger partial charge >= 0.3 is 5.97 Å². The van der Waals surface area contributed by atoms with E-state index < -0.39 is 12.0 Å². The third-order valence-electron chi connectivity index (χ3n) is 3.97. The molecule has 2 N–H and O–H groups in total. The number of amides is 1. The largest absolute Gasteiger partial charge is 0.481 e. The average molecular weight is 270 g/mol. The van der Waals surface area contributed by atoms with Crippen molar-refractivity contribution in [3.05, 3.63) is 0 Å². The Kier molecular flexibility index (Phi) is 5.79. The number of hydrogen-bond acceptors (Lipinski definition) is 3. The molecule has 1 atom stereocenters. The number of piperazine rings is 1. The summed E-state index contributed by atoms with van der Waals surface area (Å²) in [5.74, 6) is 0.450. The molecule has 0 bridgehead atoms. The number of hydrogen-bond donors (Lipinski definition) is 2. The zero-order valence-electron chi connectivity index (χ0n) is 12.3. The molecule has 19 heavy (non-hydrogen) atoms. The van der Waals surface area contributed by atoms with Crippen LogP contribution in [-0.2, 0) is 9.59 Å². The molecule has 0 spiro atoms. The van der Waals surface area contributed by atoms with Crippen LogP contribution in [0, 0.1) is 17.8 Å². The molecule has 5 heteroatoms. The molecule has 0 aromatic heterocycles. The van der Waals surface area contributed by atoms with Gasteiger partial charge < -0.3 is 10.4 Å². The summed E-state index contributed by atoms with van der Waals surface area (Å²) in [6.07, 6.45) is -0.116. The maximum atomic E-state index is 11.8. The van der Waals surface area contributed by atoms with Crippen molar-refractivity contribution in [2.24, 2.45) is 17.8 Å². The summed E-state index contributed by atoms with van der Waals surface area (Å²) >= 11 is 0. The van der Waals surface area contributed by atoms with Crippen molar-refractivity contribution in [1.29, 1.82) is 0 Å². The van der Waals surface area contributed by atoms with Crippen molar-refractivity contribution in [1.82, 2.24) is 10.2 Å². The summed E-state index contributed by atoms with van der Waals surface area (Å²) in [7, 11) is 0. The first-order chi connectivity index (χ1) is 8.82. The summed E-state index contributed by atoms with van der Waals surface area (Å²) in [5.41, 5.74) is 0. The van der Waals surface area contributed by atoms with Crippen molar-refractivity contribution in [2.45, 2.75) is 40.2 Å². The summed E-state index contributed by atoms with van der Waals surface area (Å²) < 4.78 is 0. The molecule has 1 aliphatic rings. The van der Waals surface area contributed by atoms with E-state index in [-0.39, 0.29) is 12.3 Å². The van der Waals surface area contributed by atoms with E-state index in [4.69, 9.17) is 5.11 Å². The Bertz CT molecular complexity index is 321. The number of nitrogens with one attached hydrogen (secondary N) is 1. The average Bonchev–Trinajstić information content (AvgIpc) is 2.28. The quantitative estimate of drug-likeness (QED) is 0.760. The fraction of sp³-hybridized carbons (Fsp3) is 0.857. The van der Waals surface area contributed by atoms with Crippen LogP contribution in [0.3, 0.4) is 0 Å². The zero-order chi connectivity index (χ0) is 14.6. The third kappa shape index (κ3) is 4.49. The van der Waals surface area contributed by atoms with Gasteiger partial charge in [-0.15, -0.1) is 0 Å². The van der Waals surface area contributed by atoms with Crippen molar-refractivity contribution in [3.63, 3.8) is 0 Å². The van der Waals surface area contributed by atoms with Crippen molar-refractivity contribution >= 4 is 11.9 Å². The van der Waals surface area contributed by atoms with Gasteiger partial charge in [0, 0.05) is 19.6 Å². The lowest BCUT2D eigenvalue weighted by molar-refractivity contribution is -0.143. The van der Waals surface area contributed by atoms with Crippen LogP contribution in [0.1, 0.15) is 34.1 Å². The summed E-state index contributed by atoms with van der Waals surface area (Å²) in [5, 5.41) is 11.7. The van der Waals surface area contributed by atoms with Crippen LogP contribution in [0.2, 0.25) is 0 Å². The molecule has 1 amide bonds. The number of carboxylic acids is 1. The molecule has 0 aromatic rings. The maximum absolute atomic E-state index is 11.8. The normalized spacial score (nSPS) is 21.2. The van der Waals surface area contributed by atoms with E-state index in [1.807, 2.05) is 4.90 Å². The van der Waals surface area contributed by atoms with E-state index in [0.29, 0.717) is 24.3 Å². The van der Waals surface area contributed by atoms with Crippen LogP contribution >= 0.6 is 0 Å². The molecule has 1 rings (SSSR count). The first-order valence-electron chi connectivity index (χ1n) is 7.06. The number of aliphatic carboxylic acids is 1. The molecule has 0 radical (unpaired) electrons. The van der Waals surface area contributed by atoms with Gasteiger partial charge in [0.2, 0.25) is 5.91 Å². The lowest BCUT2D eigenvalue weighted by Gasteiger charge is -2.38. The number of rotatable bonds is 6. The van der Waals surface area contributed by atoms with Gasteiger partial charge in [-0.2, -0.15) is 0 Å². The molecule has 1 unspecified atom stereocenters. The zero-order valence-corrected chi connectivity index (χ0v) is 12.3. The summed E-state index contributed by atoms with van der Waals surface area (Å²) in [6.45, 7) is 10.9. The van der Waals surface area contributed by atoms with Crippen LogP contribution in [0.5, 0.6) is 0 Å². The van der Waals surface area contributed by atoms with Crippen LogP contribution in [0.4, 0.5) is 0 Å². The first kappa shape index (κ1) is 16.0. The summed E-state index contributed by atoms with van der Waals surface area (Å²) in [6, 6.07) is -0.522. The predicted molar refractivity (Wildman–Crippen MR) is 73.8 cm³/mol. The van der Waals surface area contributed by atoms with Gasteiger partial charge in [-0.05, 0) is 17.8 Å². The number of carbonyl (C=O) groups excluding carboxylic acids is 1. The minimum atomic E-state index is -0.919. The highest BCUT2D eigenvalue weighted by Crippen LogP contribution is 2.23. The molecule has 0 saturated carbocycles. The fourth-order valence-electron chi connectivity index (χ4n) is 2.83. The highest BCUT2D eigenvalue weighted by molar-refractivity contribution is 5.86. The van der Waals surface area contributed by atoms with Crippen LogP contribution in [0.15, 0.2) is 0 Å². The Labute approximate surface area is 115 Å². The minimum Gasteiger partial charge on any atom is -0.481 e. The molecule has 110 valence electrons. The Morgan fingerprint density at radius 2 is 1.95 bits per heavy atom. The van der Waals surface area contributed by atoms with E-state index in [0.717, 1.165) is 13.1 Å². The summed E-state index contributed by atoms with van der Waals surface area (Å²) in [4.78, 5) is 24.8. The first-order valence-corrected chi connectivity index (χ1v) is 7.06. The number of carboxylic acid groups (broad SMARTS) is 1. The van der Waals surface area contributed by atoms with Gasteiger partial charge in [-0.1, -0.05) is 27.7 Å². The molecule has 5 nitrogen and oxygen atoms in total. The van der Waals surface area contributed by atoms with Gasteiger partial charge in [0.25, 0.3) is 0 Å². The van der Waals surface area contributed by atoms with E-state index in [1.54, 1.807) is 0 Å². The molecule has 0 aromatic carbocycles. The van der Waals surface area contributed by atoms with E-state index >= 15 is 0 Å². The Balaban J connectivity index is 2.76. The van der Waals surface area contributed by atoms with Crippen molar-refractivity contribution < 1.29 is 14.7 Å². The van der Waals surface area contributed by atoms with Crippen molar-refractivity contribution in [3.8, 4) is 0 Å². The van der Waals surface area contributed by atoms with Gasteiger partial charge in [-0.3, -0.25) is 14.5 Å². The highest BCUT2D eigenvalue weighted by atomic mass is 16.4. The van der Waals surface area contributed by atoms with Gasteiger partial charge in [-0.25, -0.2) is 0 Å². The topological polar surface area (TPSA) is 69.6 Å². The molecule has 1 aliphatic heterocycles. The SMILES string of the molecule is CC(C)C(CN1CCNC(=O)C1CC(=O)O)C(C)C. The fourth-order valence-corrected chi connectivity index (χ4v) is 2.83. The molecule has 1 heterocycles. The molecule has 0 aliphatic carbocycles. The van der Waals surface area contributed by atoms with E-state index in [1.165, 1.54) is 0 Å². The maximum Gasteiger partial charge on any atom is 0.305 e. The lowest BCUT2D eigenvalue weighted by Crippen LogP contribution is -2.57. The molecular formula is C14H26N2O3. The highest BCUT2D eigenvalue weighted by Gasteiger charge is 2.33. The second-order valence-corrected chi connectivity index (χ2v) is 6.05. The van der Waals surface area contributed by atoms with Gasteiger partial charge in [0.15, 0.2) is 0 Å². The van der Waals surface area contributed by atoms with Crippen LogP contribution in [0.25, 0.3) is 0 Å². The van der Waals surface area contributed by atoms with Gasteiger partial charge in [0.1, 0.15) is 0 Å². The Morgan fingerprint density at radius 3 is 2.42 bits per heavy atom. The number of nitrogens with zero attached hydrogens (tertiary/aromatic N) is 1. The Hall–Kier alpha value is -1.10. The van der Waals surface area contributed by atoms with Crippen LogP contribution in [-0.4, -0.2) is 47.6 Å². The molecular weight excluding hydrogens is 244 g/mol. The second kappa shape index (κ2) is 6.89. The van der Waals surface area contributed by atoms with E-state index in [2.05, 4.69) is 33.0 Å².